The van der Waals surface area contributed by atoms with Gasteiger partial charge < -0.3 is 14.4 Å². The smallest absolute Gasteiger partial charge is 0.171 e. The van der Waals surface area contributed by atoms with Gasteiger partial charge in [-0.15, -0.1) is 0 Å². The Morgan fingerprint density at radius 1 is 1.17 bits per heavy atom. The summed E-state index contributed by atoms with van der Waals surface area (Å²) < 4.78 is 11.4. The van der Waals surface area contributed by atoms with Crippen LogP contribution in [0.2, 0.25) is 0 Å². The molecule has 2 aliphatic heterocycles. The van der Waals surface area contributed by atoms with Crippen LogP contribution in [0, 0.1) is 0 Å². The predicted molar refractivity (Wildman–Crippen MR) is 67.9 cm³/mol. The summed E-state index contributed by atoms with van der Waals surface area (Å²) in [4.78, 5) is 13.1. The average molecular weight is 247 g/mol. The van der Waals surface area contributed by atoms with Crippen LogP contribution in [0.25, 0.3) is 0 Å². The van der Waals surface area contributed by atoms with Gasteiger partial charge in [-0.2, -0.15) is 0 Å². The molecule has 0 saturated carbocycles. The van der Waals surface area contributed by atoms with Crippen LogP contribution in [-0.4, -0.2) is 38.4 Å². The molecule has 4 nitrogen and oxygen atoms in total. The predicted octanol–water partition coefficient (Wildman–Crippen LogP) is 1.84. The van der Waals surface area contributed by atoms with Gasteiger partial charge in [0.2, 0.25) is 0 Å². The first kappa shape index (κ1) is 11.7. The highest BCUT2D eigenvalue weighted by Gasteiger charge is 2.39. The number of aldehydes is 1. The number of ether oxygens (including phenoxy) is 2. The average Bonchev–Trinajstić information content (AvgIpc) is 2.88. The summed E-state index contributed by atoms with van der Waals surface area (Å²) >= 11 is 0. The molecule has 1 aromatic carbocycles. The Morgan fingerprint density at radius 3 is 2.56 bits per heavy atom. The van der Waals surface area contributed by atoms with Crippen molar-refractivity contribution in [3.8, 4) is 0 Å². The second kappa shape index (κ2) is 4.71. The van der Waals surface area contributed by atoms with E-state index in [0.29, 0.717) is 13.2 Å². The van der Waals surface area contributed by atoms with Gasteiger partial charge in [0.25, 0.3) is 0 Å². The van der Waals surface area contributed by atoms with E-state index in [-0.39, 0.29) is 5.79 Å². The first-order valence-corrected chi connectivity index (χ1v) is 6.39. The number of hydrogen-bond acceptors (Lipinski definition) is 4. The lowest BCUT2D eigenvalue weighted by molar-refractivity contribution is -0.169. The van der Waals surface area contributed by atoms with Crippen LogP contribution in [0.5, 0.6) is 0 Å². The van der Waals surface area contributed by atoms with E-state index in [9.17, 15) is 4.79 Å². The van der Waals surface area contributed by atoms with Crippen molar-refractivity contribution >= 4 is 12.0 Å². The zero-order valence-corrected chi connectivity index (χ0v) is 10.3. The van der Waals surface area contributed by atoms with Gasteiger partial charge in [-0.3, -0.25) is 4.79 Å². The summed E-state index contributed by atoms with van der Waals surface area (Å²) in [5.74, 6) is -0.335. The maximum Gasteiger partial charge on any atom is 0.171 e. The van der Waals surface area contributed by atoms with Gasteiger partial charge in [-0.05, 0) is 12.1 Å². The van der Waals surface area contributed by atoms with Gasteiger partial charge in [0.1, 0.15) is 6.29 Å². The third-order valence-electron chi connectivity index (χ3n) is 3.71. The van der Waals surface area contributed by atoms with Crippen molar-refractivity contribution in [3.05, 3.63) is 29.8 Å². The number of carbonyl (C=O) groups excluding carboxylic acids is 1. The van der Waals surface area contributed by atoms with Crippen molar-refractivity contribution in [2.45, 2.75) is 18.6 Å². The number of piperidine rings is 1. The quantitative estimate of drug-likeness (QED) is 0.748. The molecule has 2 aliphatic rings. The molecule has 1 aromatic rings. The van der Waals surface area contributed by atoms with E-state index >= 15 is 0 Å². The summed E-state index contributed by atoms with van der Waals surface area (Å²) in [5, 5.41) is 0. The molecular weight excluding hydrogens is 230 g/mol. The minimum absolute atomic E-state index is 0.335. The molecule has 0 unspecified atom stereocenters. The molecular formula is C14H17NO3. The van der Waals surface area contributed by atoms with Gasteiger partial charge in [0.05, 0.1) is 13.2 Å². The fourth-order valence-electron chi connectivity index (χ4n) is 2.69. The molecule has 2 heterocycles. The van der Waals surface area contributed by atoms with Gasteiger partial charge in [0, 0.05) is 37.2 Å². The molecule has 2 fully saturated rings. The number of benzene rings is 1. The second-order valence-electron chi connectivity index (χ2n) is 4.81. The SMILES string of the molecule is O=Cc1cccc(N2CCC3(CC2)OCCO3)c1. The van der Waals surface area contributed by atoms with Crippen molar-refractivity contribution in [1.82, 2.24) is 0 Å². The molecule has 0 N–H and O–H groups in total. The Hall–Kier alpha value is -1.39. The number of rotatable bonds is 2. The zero-order chi connectivity index (χ0) is 12.4. The molecule has 0 radical (unpaired) electrons. The summed E-state index contributed by atoms with van der Waals surface area (Å²) in [6.07, 6.45) is 2.66. The highest BCUT2D eigenvalue weighted by Crippen LogP contribution is 2.33. The van der Waals surface area contributed by atoms with Gasteiger partial charge in [0.15, 0.2) is 5.79 Å². The molecule has 3 rings (SSSR count). The van der Waals surface area contributed by atoms with Crippen LogP contribution >= 0.6 is 0 Å². The molecule has 4 heteroatoms. The first-order valence-electron chi connectivity index (χ1n) is 6.39. The molecule has 1 spiro atoms. The maximum absolute atomic E-state index is 10.8. The van der Waals surface area contributed by atoms with Gasteiger partial charge >= 0.3 is 0 Å². The van der Waals surface area contributed by atoms with Crippen molar-refractivity contribution in [1.29, 1.82) is 0 Å². The van der Waals surface area contributed by atoms with Crippen LogP contribution < -0.4 is 4.90 Å². The summed E-state index contributed by atoms with van der Waals surface area (Å²) in [6.45, 7) is 3.23. The van der Waals surface area contributed by atoms with Crippen LogP contribution in [0.15, 0.2) is 24.3 Å². The topological polar surface area (TPSA) is 38.8 Å². The molecule has 0 amide bonds. The van der Waals surface area contributed by atoms with Gasteiger partial charge in [-0.1, -0.05) is 12.1 Å². The lowest BCUT2D eigenvalue weighted by Gasteiger charge is -2.38. The molecule has 18 heavy (non-hydrogen) atoms. The summed E-state index contributed by atoms with van der Waals surface area (Å²) in [7, 11) is 0. The van der Waals surface area contributed by atoms with Gasteiger partial charge in [-0.25, -0.2) is 0 Å². The normalized spacial score (nSPS) is 22.3. The molecule has 0 aromatic heterocycles. The standard InChI is InChI=1S/C14H17NO3/c16-11-12-2-1-3-13(10-12)15-6-4-14(5-7-15)17-8-9-18-14/h1-3,10-11H,4-9H2. The van der Waals surface area contributed by atoms with Crippen molar-refractivity contribution in [3.63, 3.8) is 0 Å². The van der Waals surface area contributed by atoms with Crippen molar-refractivity contribution < 1.29 is 14.3 Å². The Bertz CT molecular complexity index is 430. The van der Waals surface area contributed by atoms with Crippen molar-refractivity contribution in [2.75, 3.05) is 31.2 Å². The van der Waals surface area contributed by atoms with E-state index in [4.69, 9.17) is 9.47 Å². The Kier molecular flexibility index (Phi) is 3.06. The number of carbonyl (C=O) groups is 1. The molecule has 0 atom stereocenters. The van der Waals surface area contributed by atoms with Crippen LogP contribution in [-0.2, 0) is 9.47 Å². The summed E-state index contributed by atoms with van der Waals surface area (Å²) in [5.41, 5.74) is 1.83. The van der Waals surface area contributed by atoms with E-state index in [1.165, 1.54) is 0 Å². The molecule has 0 bridgehead atoms. The fraction of sp³-hybridized carbons (Fsp3) is 0.500. The Morgan fingerprint density at radius 2 is 1.89 bits per heavy atom. The summed E-state index contributed by atoms with van der Waals surface area (Å²) in [6, 6.07) is 7.72. The molecule has 96 valence electrons. The number of hydrogen-bond donors (Lipinski definition) is 0. The minimum atomic E-state index is -0.335. The van der Waals surface area contributed by atoms with E-state index in [2.05, 4.69) is 4.90 Å². The van der Waals surface area contributed by atoms with E-state index < -0.39 is 0 Å². The zero-order valence-electron chi connectivity index (χ0n) is 10.3. The van der Waals surface area contributed by atoms with Crippen LogP contribution in [0.4, 0.5) is 5.69 Å². The molecule has 0 aliphatic carbocycles. The minimum Gasteiger partial charge on any atom is -0.371 e. The highest BCUT2D eigenvalue weighted by atomic mass is 16.7. The Balaban J connectivity index is 1.70. The Labute approximate surface area is 106 Å². The largest absolute Gasteiger partial charge is 0.371 e. The van der Waals surface area contributed by atoms with E-state index in [0.717, 1.165) is 43.5 Å². The van der Waals surface area contributed by atoms with Crippen LogP contribution in [0.3, 0.4) is 0 Å². The third-order valence-corrected chi connectivity index (χ3v) is 3.71. The van der Waals surface area contributed by atoms with E-state index in [1.54, 1.807) is 0 Å². The number of nitrogens with zero attached hydrogens (tertiary/aromatic N) is 1. The monoisotopic (exact) mass is 247 g/mol. The first-order chi connectivity index (χ1) is 8.81. The number of anilines is 1. The lowest BCUT2D eigenvalue weighted by Crippen LogP contribution is -2.45. The van der Waals surface area contributed by atoms with E-state index in [1.807, 2.05) is 24.3 Å². The second-order valence-corrected chi connectivity index (χ2v) is 4.81. The maximum atomic E-state index is 10.8. The lowest BCUT2D eigenvalue weighted by atomic mass is 10.0. The van der Waals surface area contributed by atoms with Crippen LogP contribution in [0.1, 0.15) is 23.2 Å². The fourth-order valence-corrected chi connectivity index (χ4v) is 2.69. The van der Waals surface area contributed by atoms with Crippen molar-refractivity contribution in [2.24, 2.45) is 0 Å². The molecule has 2 saturated heterocycles. The third kappa shape index (κ3) is 2.13. The highest BCUT2D eigenvalue weighted by molar-refractivity contribution is 5.77.